The maximum Gasteiger partial charge on any atom is 0.191 e. The summed E-state index contributed by atoms with van der Waals surface area (Å²) < 4.78 is 1.85. The van der Waals surface area contributed by atoms with Crippen molar-refractivity contribution in [2.75, 3.05) is 0 Å². The van der Waals surface area contributed by atoms with E-state index < -0.39 is 0 Å². The van der Waals surface area contributed by atoms with Crippen molar-refractivity contribution >= 4 is 23.6 Å². The lowest BCUT2D eigenvalue weighted by Crippen LogP contribution is -3.00. The van der Waals surface area contributed by atoms with E-state index in [0.717, 1.165) is 5.56 Å². The van der Waals surface area contributed by atoms with Crippen LogP contribution < -0.4 is 17.0 Å². The Morgan fingerprint density at radius 2 is 1.89 bits per heavy atom. The van der Waals surface area contributed by atoms with E-state index in [1.54, 1.807) is 36.5 Å². The van der Waals surface area contributed by atoms with Crippen LogP contribution in [0.4, 0.5) is 0 Å². The van der Waals surface area contributed by atoms with Gasteiger partial charge in [0.05, 0.1) is 6.08 Å². The fourth-order valence-electron chi connectivity index (χ4n) is 1.57. The van der Waals surface area contributed by atoms with Gasteiger partial charge in [-0.25, -0.2) is 0 Å². The number of ketones is 1. The summed E-state index contributed by atoms with van der Waals surface area (Å²) in [6.07, 6.45) is 7.12. The molecule has 0 saturated heterocycles. The highest BCUT2D eigenvalue weighted by atomic mass is 35.5. The quantitative estimate of drug-likeness (QED) is 0.453. The summed E-state index contributed by atoms with van der Waals surface area (Å²) in [4.78, 5) is 11.9. The van der Waals surface area contributed by atoms with E-state index in [-0.39, 0.29) is 18.2 Å². The van der Waals surface area contributed by atoms with Crippen LogP contribution in [0, 0.1) is 6.92 Å². The fourth-order valence-corrected chi connectivity index (χ4v) is 1.70. The summed E-state index contributed by atoms with van der Waals surface area (Å²) in [5.74, 6) is -0.0410. The van der Waals surface area contributed by atoms with Gasteiger partial charge >= 0.3 is 0 Å². The van der Waals surface area contributed by atoms with Gasteiger partial charge in [-0.2, -0.15) is 4.57 Å². The molecule has 0 saturated carbocycles. The lowest BCUT2D eigenvalue weighted by atomic mass is 10.1. The number of hydrogen-bond donors (Lipinski definition) is 0. The molecule has 1 aromatic heterocycles. The zero-order chi connectivity index (χ0) is 13.0. The monoisotopic (exact) mass is 293 g/mol. The number of benzene rings is 1. The van der Waals surface area contributed by atoms with Crippen molar-refractivity contribution in [3.05, 3.63) is 71.0 Å². The minimum absolute atomic E-state index is 0. The van der Waals surface area contributed by atoms with Crippen LogP contribution in [0.5, 0.6) is 0 Å². The lowest BCUT2D eigenvalue weighted by molar-refractivity contribution is -0.568. The van der Waals surface area contributed by atoms with E-state index in [2.05, 4.69) is 0 Å². The normalized spacial score (nSPS) is 10.2. The Morgan fingerprint density at radius 1 is 1.21 bits per heavy atom. The average molecular weight is 294 g/mol. The number of rotatable bonds is 3. The van der Waals surface area contributed by atoms with Gasteiger partial charge in [0.15, 0.2) is 24.4 Å². The lowest BCUT2D eigenvalue weighted by Gasteiger charge is -1.94. The predicted molar refractivity (Wildman–Crippen MR) is 72.5 cm³/mol. The molecule has 0 unspecified atom stereocenters. The second-order valence-electron chi connectivity index (χ2n) is 4.02. The van der Waals surface area contributed by atoms with E-state index in [9.17, 15) is 4.79 Å². The van der Waals surface area contributed by atoms with Crippen LogP contribution in [-0.2, 0) is 0 Å². The van der Waals surface area contributed by atoms with Gasteiger partial charge in [-0.15, -0.1) is 0 Å². The molecule has 0 bridgehead atoms. The van der Waals surface area contributed by atoms with Crippen molar-refractivity contribution in [3.63, 3.8) is 0 Å². The molecule has 0 fully saturated rings. The van der Waals surface area contributed by atoms with Crippen LogP contribution in [0.15, 0.2) is 54.9 Å². The molecule has 2 nitrogen and oxygen atoms in total. The number of hydrogen-bond acceptors (Lipinski definition) is 1. The first-order chi connectivity index (χ1) is 8.65. The van der Waals surface area contributed by atoms with Crippen LogP contribution in [0.2, 0.25) is 5.02 Å². The van der Waals surface area contributed by atoms with Crippen LogP contribution in [0.25, 0.3) is 6.20 Å². The molecular formula is C15H13Cl2NO. The average Bonchev–Trinajstić information content (AvgIpc) is 2.37. The van der Waals surface area contributed by atoms with E-state index >= 15 is 0 Å². The third-order valence-electron chi connectivity index (χ3n) is 2.50. The summed E-state index contributed by atoms with van der Waals surface area (Å²) >= 11 is 5.77. The summed E-state index contributed by atoms with van der Waals surface area (Å²) in [6, 6.07) is 10.8. The smallest absolute Gasteiger partial charge is 0.191 e. The van der Waals surface area contributed by atoms with E-state index in [0.29, 0.717) is 10.6 Å². The van der Waals surface area contributed by atoms with Gasteiger partial charge in [-0.05, 0) is 37.3 Å². The van der Waals surface area contributed by atoms with Gasteiger partial charge in [0, 0.05) is 22.2 Å². The molecule has 0 spiro atoms. The minimum Gasteiger partial charge on any atom is -1.00 e. The van der Waals surface area contributed by atoms with Gasteiger partial charge in [0.2, 0.25) is 0 Å². The summed E-state index contributed by atoms with van der Waals surface area (Å²) in [6.45, 7) is 2.01. The van der Waals surface area contributed by atoms with Gasteiger partial charge < -0.3 is 12.4 Å². The highest BCUT2D eigenvalue weighted by molar-refractivity contribution is 6.30. The maximum atomic E-state index is 11.9. The Labute approximate surface area is 123 Å². The first-order valence-corrected chi connectivity index (χ1v) is 5.98. The first kappa shape index (κ1) is 15.4. The number of aryl methyl sites for hydroxylation is 1. The third-order valence-corrected chi connectivity index (χ3v) is 2.75. The zero-order valence-corrected chi connectivity index (χ0v) is 11.9. The number of carbonyl (C=O) groups excluding carboxylic acids is 1. The predicted octanol–water partition coefficient (Wildman–Crippen LogP) is 0.294. The van der Waals surface area contributed by atoms with Gasteiger partial charge in [-0.3, -0.25) is 4.79 Å². The molecule has 1 aromatic carbocycles. The highest BCUT2D eigenvalue weighted by Crippen LogP contribution is 2.10. The molecule has 0 aliphatic heterocycles. The Bertz CT molecular complexity index is 591. The molecule has 2 aromatic rings. The number of carbonyl (C=O) groups is 1. The topological polar surface area (TPSA) is 20.9 Å². The molecule has 4 heteroatoms. The molecule has 0 radical (unpaired) electrons. The molecule has 2 rings (SSSR count). The maximum absolute atomic E-state index is 11.9. The molecule has 19 heavy (non-hydrogen) atoms. The molecule has 0 aliphatic carbocycles. The van der Waals surface area contributed by atoms with Gasteiger partial charge in [-0.1, -0.05) is 11.6 Å². The van der Waals surface area contributed by atoms with E-state index in [1.807, 2.05) is 36.0 Å². The highest BCUT2D eigenvalue weighted by Gasteiger charge is 2.03. The summed E-state index contributed by atoms with van der Waals surface area (Å²) in [7, 11) is 0. The van der Waals surface area contributed by atoms with Crippen molar-refractivity contribution in [2.45, 2.75) is 6.92 Å². The molecule has 98 valence electrons. The van der Waals surface area contributed by atoms with Crippen LogP contribution >= 0.6 is 11.6 Å². The molecule has 0 atom stereocenters. The summed E-state index contributed by atoms with van der Waals surface area (Å²) in [5.41, 5.74) is 1.77. The zero-order valence-electron chi connectivity index (χ0n) is 10.4. The number of allylic oxidation sites excluding steroid dienone is 1. The minimum atomic E-state index is -0.0410. The Hall–Kier alpha value is -1.64. The Morgan fingerprint density at radius 3 is 2.53 bits per heavy atom. The number of aromatic nitrogens is 1. The molecule has 1 heterocycles. The van der Waals surface area contributed by atoms with E-state index in [4.69, 9.17) is 11.6 Å². The molecule has 0 amide bonds. The van der Waals surface area contributed by atoms with E-state index in [1.165, 1.54) is 0 Å². The van der Waals surface area contributed by atoms with Crippen molar-refractivity contribution in [1.82, 2.24) is 0 Å². The summed E-state index contributed by atoms with van der Waals surface area (Å²) in [5, 5.41) is 0.628. The first-order valence-electron chi connectivity index (χ1n) is 5.61. The second-order valence-corrected chi connectivity index (χ2v) is 4.45. The SMILES string of the molecule is Cc1ccc[n+](C=CC(=O)c2ccc(Cl)cc2)c1.[Cl-]. The van der Waals surface area contributed by atoms with Crippen molar-refractivity contribution in [3.8, 4) is 0 Å². The molecule has 0 aliphatic rings. The largest absolute Gasteiger partial charge is 1.00 e. The van der Waals surface area contributed by atoms with Gasteiger partial charge in [0.25, 0.3) is 0 Å². The Kier molecular flexibility index (Phi) is 5.74. The Balaban J connectivity index is 0.00000180. The number of pyridine rings is 1. The molecular weight excluding hydrogens is 281 g/mol. The van der Waals surface area contributed by atoms with Crippen LogP contribution in [0.3, 0.4) is 0 Å². The van der Waals surface area contributed by atoms with Crippen molar-refractivity contribution < 1.29 is 21.8 Å². The van der Waals surface area contributed by atoms with Crippen LogP contribution in [-0.4, -0.2) is 5.78 Å². The van der Waals surface area contributed by atoms with Crippen LogP contribution in [0.1, 0.15) is 15.9 Å². The van der Waals surface area contributed by atoms with Crippen molar-refractivity contribution in [2.24, 2.45) is 0 Å². The number of nitrogens with zero attached hydrogens (tertiary/aromatic N) is 1. The van der Waals surface area contributed by atoms with Gasteiger partial charge in [0.1, 0.15) is 0 Å². The van der Waals surface area contributed by atoms with Crippen molar-refractivity contribution in [1.29, 1.82) is 0 Å². The number of halogens is 2. The third kappa shape index (κ3) is 4.51. The second kappa shape index (κ2) is 7.07. The molecule has 0 N–H and O–H groups in total. The fraction of sp³-hybridized carbons (Fsp3) is 0.0667. The standard InChI is InChI=1S/C15H13ClNO.ClH/c1-12-3-2-9-17(11-12)10-8-15(18)13-4-6-14(16)7-5-13;/h2-11H,1H3;1H/q+1;/p-1.